The maximum absolute atomic E-state index is 11.6. The highest BCUT2D eigenvalue weighted by molar-refractivity contribution is 7.99. The van der Waals surface area contributed by atoms with Crippen molar-refractivity contribution in [2.45, 2.75) is 128 Å². The Labute approximate surface area is 197 Å². The quantitative estimate of drug-likeness (QED) is 0.150. The Morgan fingerprint density at radius 3 is 1.58 bits per heavy atom. The van der Waals surface area contributed by atoms with E-state index in [1.807, 2.05) is 0 Å². The van der Waals surface area contributed by atoms with Crippen LogP contribution in [0.25, 0.3) is 0 Å². The Morgan fingerprint density at radius 2 is 1.16 bits per heavy atom. The maximum Gasteiger partial charge on any atom is 0.307 e. The largest absolute Gasteiger partial charge is 0.481 e. The lowest BCUT2D eigenvalue weighted by atomic mass is 10.0. The van der Waals surface area contributed by atoms with E-state index < -0.39 is 5.97 Å². The standard InChI is InChI=1S/C28H48O2S/c1-3-4-5-6-7-8-9-10-11-12-13-14-15-16-17-18-19-26(28(29)30)24-31-27-22-20-25(2)21-23-27/h20-23,26H,3-19,24H2,1-2H3,(H,29,30). The summed E-state index contributed by atoms with van der Waals surface area (Å²) < 4.78 is 0. The van der Waals surface area contributed by atoms with Gasteiger partial charge in [0.05, 0.1) is 5.92 Å². The molecule has 1 aromatic rings. The fraction of sp³-hybridized carbons (Fsp3) is 0.750. The van der Waals surface area contributed by atoms with Crippen molar-refractivity contribution in [3.63, 3.8) is 0 Å². The van der Waals surface area contributed by atoms with Gasteiger partial charge in [-0.2, -0.15) is 0 Å². The third-order valence-electron chi connectivity index (χ3n) is 6.23. The third kappa shape index (κ3) is 16.3. The molecule has 1 N–H and O–H groups in total. The van der Waals surface area contributed by atoms with Gasteiger partial charge in [-0.3, -0.25) is 4.79 Å². The lowest BCUT2D eigenvalue weighted by Crippen LogP contribution is -2.16. The highest BCUT2D eigenvalue weighted by atomic mass is 32.2. The number of thioether (sulfide) groups is 1. The third-order valence-corrected chi connectivity index (χ3v) is 7.40. The SMILES string of the molecule is CCCCCCCCCCCCCCCCCCC(CSc1ccc(C)cc1)C(=O)O. The number of carbonyl (C=O) groups is 1. The van der Waals surface area contributed by atoms with Crippen molar-refractivity contribution in [1.29, 1.82) is 0 Å². The number of aliphatic carboxylic acids is 1. The predicted octanol–water partition coefficient (Wildman–Crippen LogP) is 9.44. The van der Waals surface area contributed by atoms with Gasteiger partial charge in [0.15, 0.2) is 0 Å². The molecule has 0 amide bonds. The average molecular weight is 449 g/mol. The number of hydrogen-bond donors (Lipinski definition) is 1. The lowest BCUT2D eigenvalue weighted by Gasteiger charge is -2.12. The van der Waals surface area contributed by atoms with Gasteiger partial charge in [-0.05, 0) is 25.5 Å². The van der Waals surface area contributed by atoms with Crippen LogP contribution in [0.15, 0.2) is 29.2 Å². The average Bonchev–Trinajstić information content (AvgIpc) is 2.76. The van der Waals surface area contributed by atoms with Gasteiger partial charge in [-0.1, -0.05) is 127 Å². The van der Waals surface area contributed by atoms with Gasteiger partial charge in [0.25, 0.3) is 0 Å². The Kier molecular flexibility index (Phi) is 17.8. The molecule has 1 unspecified atom stereocenters. The van der Waals surface area contributed by atoms with Gasteiger partial charge in [-0.15, -0.1) is 11.8 Å². The van der Waals surface area contributed by atoms with Crippen LogP contribution in [0.2, 0.25) is 0 Å². The molecule has 0 spiro atoms. The molecule has 1 aromatic carbocycles. The van der Waals surface area contributed by atoms with Gasteiger partial charge in [0.2, 0.25) is 0 Å². The molecule has 1 atom stereocenters. The Hall–Kier alpha value is -0.960. The number of carboxylic acids is 1. The minimum atomic E-state index is -0.638. The molecule has 0 saturated heterocycles. The Morgan fingerprint density at radius 1 is 0.742 bits per heavy atom. The minimum Gasteiger partial charge on any atom is -0.481 e. The summed E-state index contributed by atoms with van der Waals surface area (Å²) in [7, 11) is 0. The molecule has 31 heavy (non-hydrogen) atoms. The molecule has 0 bridgehead atoms. The molecule has 0 radical (unpaired) electrons. The van der Waals surface area contributed by atoms with Crippen LogP contribution in [0.4, 0.5) is 0 Å². The van der Waals surface area contributed by atoms with Gasteiger partial charge < -0.3 is 5.11 Å². The number of unbranched alkanes of at least 4 members (excludes halogenated alkanes) is 15. The van der Waals surface area contributed by atoms with Gasteiger partial charge in [0, 0.05) is 10.6 Å². The monoisotopic (exact) mass is 448 g/mol. The van der Waals surface area contributed by atoms with E-state index in [9.17, 15) is 9.90 Å². The molecule has 2 nitrogen and oxygen atoms in total. The summed E-state index contributed by atoms with van der Waals surface area (Å²) in [6.07, 6.45) is 22.5. The molecule has 178 valence electrons. The van der Waals surface area contributed by atoms with Crippen molar-refractivity contribution in [2.75, 3.05) is 5.75 Å². The van der Waals surface area contributed by atoms with E-state index in [-0.39, 0.29) is 5.92 Å². The summed E-state index contributed by atoms with van der Waals surface area (Å²) in [5, 5.41) is 9.51. The zero-order valence-electron chi connectivity index (χ0n) is 20.4. The molecule has 3 heteroatoms. The van der Waals surface area contributed by atoms with Crippen LogP contribution < -0.4 is 0 Å². The van der Waals surface area contributed by atoms with Crippen molar-refractivity contribution in [3.05, 3.63) is 29.8 Å². The van der Waals surface area contributed by atoms with Crippen LogP contribution >= 0.6 is 11.8 Å². The summed E-state index contributed by atoms with van der Waals surface area (Å²) in [5.41, 5.74) is 1.24. The molecule has 1 rings (SSSR count). The molecule has 0 heterocycles. The molecule has 0 fully saturated rings. The first-order valence-corrected chi connectivity index (χ1v) is 14.0. The number of aryl methyl sites for hydroxylation is 1. The minimum absolute atomic E-state index is 0.224. The van der Waals surface area contributed by atoms with Gasteiger partial charge in [-0.25, -0.2) is 0 Å². The van der Waals surface area contributed by atoms with Gasteiger partial charge in [0.1, 0.15) is 0 Å². The first kappa shape index (κ1) is 28.1. The zero-order valence-corrected chi connectivity index (χ0v) is 21.2. The van der Waals surface area contributed by atoms with Crippen molar-refractivity contribution in [2.24, 2.45) is 5.92 Å². The zero-order chi connectivity index (χ0) is 22.6. The first-order chi connectivity index (χ1) is 15.1. The normalized spacial score (nSPS) is 12.2. The van der Waals surface area contributed by atoms with Crippen LogP contribution in [0.1, 0.15) is 122 Å². The maximum atomic E-state index is 11.6. The van der Waals surface area contributed by atoms with Gasteiger partial charge >= 0.3 is 5.97 Å². The van der Waals surface area contributed by atoms with E-state index >= 15 is 0 Å². The second-order valence-corrected chi connectivity index (χ2v) is 10.3. The van der Waals surface area contributed by atoms with E-state index in [0.717, 1.165) is 12.8 Å². The van der Waals surface area contributed by atoms with E-state index in [1.54, 1.807) is 11.8 Å². The number of benzene rings is 1. The van der Waals surface area contributed by atoms with Crippen molar-refractivity contribution < 1.29 is 9.90 Å². The van der Waals surface area contributed by atoms with E-state index in [1.165, 1.54) is 107 Å². The van der Waals surface area contributed by atoms with Crippen LogP contribution in [0.5, 0.6) is 0 Å². The molecular weight excluding hydrogens is 400 g/mol. The summed E-state index contributed by atoms with van der Waals surface area (Å²) >= 11 is 1.67. The molecular formula is C28H48O2S. The fourth-order valence-corrected chi connectivity index (χ4v) is 5.08. The summed E-state index contributed by atoms with van der Waals surface area (Å²) in [6.45, 7) is 4.36. The Bertz CT molecular complexity index is 540. The summed E-state index contributed by atoms with van der Waals surface area (Å²) in [5.74, 6) is -0.185. The molecule has 0 aliphatic heterocycles. The number of hydrogen-bond acceptors (Lipinski definition) is 2. The lowest BCUT2D eigenvalue weighted by molar-refractivity contribution is -0.141. The molecule has 0 aliphatic carbocycles. The highest BCUT2D eigenvalue weighted by Crippen LogP contribution is 2.24. The molecule has 0 aliphatic rings. The topological polar surface area (TPSA) is 37.3 Å². The van der Waals surface area contributed by atoms with Crippen LogP contribution in [-0.4, -0.2) is 16.8 Å². The van der Waals surface area contributed by atoms with Crippen molar-refractivity contribution in [3.8, 4) is 0 Å². The van der Waals surface area contributed by atoms with Crippen molar-refractivity contribution in [1.82, 2.24) is 0 Å². The second-order valence-electron chi connectivity index (χ2n) is 9.25. The van der Waals surface area contributed by atoms with Crippen LogP contribution in [0, 0.1) is 12.8 Å². The van der Waals surface area contributed by atoms with E-state index in [0.29, 0.717) is 5.75 Å². The van der Waals surface area contributed by atoms with Crippen LogP contribution in [0.3, 0.4) is 0 Å². The predicted molar refractivity (Wildman–Crippen MR) is 137 cm³/mol. The van der Waals surface area contributed by atoms with Crippen LogP contribution in [-0.2, 0) is 4.79 Å². The first-order valence-electron chi connectivity index (χ1n) is 13.1. The molecule has 0 saturated carbocycles. The smallest absolute Gasteiger partial charge is 0.307 e. The summed E-state index contributed by atoms with van der Waals surface area (Å²) in [4.78, 5) is 12.7. The molecule has 0 aromatic heterocycles. The number of carboxylic acid groups (broad SMARTS) is 1. The van der Waals surface area contributed by atoms with E-state index in [2.05, 4.69) is 38.1 Å². The second kappa shape index (κ2) is 19.7. The van der Waals surface area contributed by atoms with E-state index in [4.69, 9.17) is 0 Å². The number of rotatable bonds is 21. The summed E-state index contributed by atoms with van der Waals surface area (Å²) in [6, 6.07) is 8.36. The fourth-order valence-electron chi connectivity index (χ4n) is 4.05. The Balaban J connectivity index is 1.91. The van der Waals surface area contributed by atoms with Crippen molar-refractivity contribution >= 4 is 17.7 Å². The highest BCUT2D eigenvalue weighted by Gasteiger charge is 2.17.